The zero-order valence-electron chi connectivity index (χ0n) is 11.5. The van der Waals surface area contributed by atoms with Gasteiger partial charge >= 0.3 is 0 Å². The van der Waals surface area contributed by atoms with Gasteiger partial charge in [-0.3, -0.25) is 4.79 Å². The van der Waals surface area contributed by atoms with Crippen molar-refractivity contribution in [2.75, 3.05) is 31.6 Å². The molecule has 0 radical (unpaired) electrons. The fourth-order valence-corrected chi connectivity index (χ4v) is 2.04. The van der Waals surface area contributed by atoms with E-state index in [2.05, 4.69) is 26.6 Å². The standard InChI is InChI=1S/C15H21BrN2O2/c16-13-4-6-14(7-5-13)18-15(19)10-17-8-1-9-20-11-12-2-3-12/h4-7,12,17H,1-3,8-11H2,(H,18,19). The molecule has 0 unspecified atom stereocenters. The molecule has 5 heteroatoms. The lowest BCUT2D eigenvalue weighted by atomic mass is 10.3. The number of carbonyl (C=O) groups is 1. The number of benzene rings is 1. The Hall–Kier alpha value is -0.910. The molecule has 1 saturated carbocycles. The molecule has 110 valence electrons. The van der Waals surface area contributed by atoms with E-state index >= 15 is 0 Å². The van der Waals surface area contributed by atoms with Crippen LogP contribution in [-0.2, 0) is 9.53 Å². The molecule has 1 aliphatic rings. The Kier molecular flexibility index (Phi) is 6.50. The number of carbonyl (C=O) groups excluding carboxylic acids is 1. The molecule has 0 aromatic heterocycles. The van der Waals surface area contributed by atoms with Crippen LogP contribution in [0.15, 0.2) is 28.7 Å². The number of halogens is 1. The van der Waals surface area contributed by atoms with Crippen molar-refractivity contribution in [3.63, 3.8) is 0 Å². The summed E-state index contributed by atoms with van der Waals surface area (Å²) >= 11 is 3.36. The molecule has 0 spiro atoms. The van der Waals surface area contributed by atoms with Crippen LogP contribution in [0.25, 0.3) is 0 Å². The highest BCUT2D eigenvalue weighted by atomic mass is 79.9. The third-order valence-electron chi connectivity index (χ3n) is 3.11. The second kappa shape index (κ2) is 8.39. The first-order chi connectivity index (χ1) is 9.74. The summed E-state index contributed by atoms with van der Waals surface area (Å²) < 4.78 is 6.53. The van der Waals surface area contributed by atoms with E-state index in [0.29, 0.717) is 6.54 Å². The predicted octanol–water partition coefficient (Wildman–Crippen LogP) is 2.79. The van der Waals surface area contributed by atoms with Gasteiger partial charge in [-0.05, 0) is 56.0 Å². The van der Waals surface area contributed by atoms with Crippen molar-refractivity contribution in [1.29, 1.82) is 0 Å². The van der Waals surface area contributed by atoms with E-state index in [0.717, 1.165) is 42.3 Å². The van der Waals surface area contributed by atoms with Crippen LogP contribution in [0.1, 0.15) is 19.3 Å². The van der Waals surface area contributed by atoms with Gasteiger partial charge in [0.15, 0.2) is 0 Å². The molecule has 0 aliphatic heterocycles. The second-order valence-electron chi connectivity index (χ2n) is 5.10. The van der Waals surface area contributed by atoms with Crippen LogP contribution in [0.3, 0.4) is 0 Å². The van der Waals surface area contributed by atoms with E-state index < -0.39 is 0 Å². The van der Waals surface area contributed by atoms with Crippen LogP contribution in [0, 0.1) is 5.92 Å². The van der Waals surface area contributed by atoms with Crippen LogP contribution >= 0.6 is 15.9 Å². The first-order valence-corrected chi connectivity index (χ1v) is 7.87. The number of rotatable bonds is 9. The summed E-state index contributed by atoms with van der Waals surface area (Å²) in [5.74, 6) is 0.797. The summed E-state index contributed by atoms with van der Waals surface area (Å²) in [6.07, 6.45) is 3.60. The fourth-order valence-electron chi connectivity index (χ4n) is 1.77. The summed E-state index contributed by atoms with van der Waals surface area (Å²) in [6, 6.07) is 7.54. The molecule has 0 saturated heterocycles. The van der Waals surface area contributed by atoms with Crippen molar-refractivity contribution in [3.05, 3.63) is 28.7 Å². The summed E-state index contributed by atoms with van der Waals surface area (Å²) in [5.41, 5.74) is 0.813. The van der Waals surface area contributed by atoms with Gasteiger partial charge in [-0.2, -0.15) is 0 Å². The zero-order chi connectivity index (χ0) is 14.2. The average molecular weight is 341 g/mol. The number of nitrogens with one attached hydrogen (secondary N) is 2. The minimum absolute atomic E-state index is 0.0220. The van der Waals surface area contributed by atoms with Gasteiger partial charge in [-0.15, -0.1) is 0 Å². The third kappa shape index (κ3) is 6.50. The summed E-state index contributed by atoms with van der Waals surface area (Å²) in [5, 5.41) is 5.96. The van der Waals surface area contributed by atoms with Crippen molar-refractivity contribution in [2.45, 2.75) is 19.3 Å². The molecular formula is C15H21BrN2O2. The number of ether oxygens (including phenoxy) is 1. The maximum absolute atomic E-state index is 11.7. The predicted molar refractivity (Wildman–Crippen MR) is 83.8 cm³/mol. The van der Waals surface area contributed by atoms with Crippen LogP contribution < -0.4 is 10.6 Å². The number of anilines is 1. The molecule has 1 fully saturated rings. The fraction of sp³-hybridized carbons (Fsp3) is 0.533. The maximum Gasteiger partial charge on any atom is 0.238 e. The summed E-state index contributed by atoms with van der Waals surface area (Å²) in [4.78, 5) is 11.7. The zero-order valence-corrected chi connectivity index (χ0v) is 13.1. The van der Waals surface area contributed by atoms with Gasteiger partial charge in [-0.25, -0.2) is 0 Å². The van der Waals surface area contributed by atoms with Crippen molar-refractivity contribution >= 4 is 27.5 Å². The molecule has 4 nitrogen and oxygen atoms in total. The molecule has 0 atom stereocenters. The van der Waals surface area contributed by atoms with Crippen LogP contribution in [0.4, 0.5) is 5.69 Å². The minimum atomic E-state index is -0.0220. The van der Waals surface area contributed by atoms with E-state index in [9.17, 15) is 4.79 Å². The summed E-state index contributed by atoms with van der Waals surface area (Å²) in [7, 11) is 0. The van der Waals surface area contributed by atoms with Crippen molar-refractivity contribution in [2.24, 2.45) is 5.92 Å². The average Bonchev–Trinajstić information content (AvgIpc) is 3.24. The van der Waals surface area contributed by atoms with Crippen molar-refractivity contribution < 1.29 is 9.53 Å². The van der Waals surface area contributed by atoms with Crippen molar-refractivity contribution in [3.8, 4) is 0 Å². The van der Waals surface area contributed by atoms with Crippen LogP contribution in [0.5, 0.6) is 0 Å². The quantitative estimate of drug-likeness (QED) is 0.679. The van der Waals surface area contributed by atoms with Gasteiger partial charge in [0.25, 0.3) is 0 Å². The molecule has 1 aromatic rings. The van der Waals surface area contributed by atoms with Gasteiger partial charge in [0, 0.05) is 23.4 Å². The lowest BCUT2D eigenvalue weighted by Gasteiger charge is -2.07. The highest BCUT2D eigenvalue weighted by molar-refractivity contribution is 9.10. The van der Waals surface area contributed by atoms with E-state index in [-0.39, 0.29) is 5.91 Å². The first kappa shape index (κ1) is 15.5. The van der Waals surface area contributed by atoms with Gasteiger partial charge in [0.1, 0.15) is 0 Å². The van der Waals surface area contributed by atoms with Gasteiger partial charge in [0.05, 0.1) is 6.54 Å². The van der Waals surface area contributed by atoms with E-state index in [4.69, 9.17) is 4.74 Å². The SMILES string of the molecule is O=C(CNCCCOCC1CC1)Nc1ccc(Br)cc1. The Morgan fingerprint density at radius 1 is 1.30 bits per heavy atom. The van der Waals surface area contributed by atoms with Gasteiger partial charge in [-0.1, -0.05) is 15.9 Å². The minimum Gasteiger partial charge on any atom is -0.381 e. The number of amides is 1. The Labute approximate surface area is 128 Å². The Morgan fingerprint density at radius 2 is 2.05 bits per heavy atom. The van der Waals surface area contributed by atoms with Crippen LogP contribution in [0.2, 0.25) is 0 Å². The largest absolute Gasteiger partial charge is 0.381 e. The molecule has 2 rings (SSSR count). The summed E-state index contributed by atoms with van der Waals surface area (Å²) in [6.45, 7) is 2.82. The van der Waals surface area contributed by atoms with E-state index in [1.807, 2.05) is 24.3 Å². The smallest absolute Gasteiger partial charge is 0.238 e. The van der Waals surface area contributed by atoms with Crippen molar-refractivity contribution in [1.82, 2.24) is 5.32 Å². The highest BCUT2D eigenvalue weighted by Crippen LogP contribution is 2.28. The molecular weight excluding hydrogens is 320 g/mol. The number of hydrogen-bond donors (Lipinski definition) is 2. The molecule has 1 aromatic carbocycles. The van der Waals surface area contributed by atoms with Gasteiger partial charge in [0.2, 0.25) is 5.91 Å². The molecule has 1 amide bonds. The second-order valence-corrected chi connectivity index (χ2v) is 6.02. The lowest BCUT2D eigenvalue weighted by molar-refractivity contribution is -0.115. The van der Waals surface area contributed by atoms with E-state index in [1.165, 1.54) is 12.8 Å². The number of hydrogen-bond acceptors (Lipinski definition) is 3. The first-order valence-electron chi connectivity index (χ1n) is 7.08. The normalized spacial score (nSPS) is 14.2. The molecule has 0 bridgehead atoms. The Balaban J connectivity index is 1.48. The monoisotopic (exact) mass is 340 g/mol. The molecule has 1 aliphatic carbocycles. The van der Waals surface area contributed by atoms with Crippen LogP contribution in [-0.4, -0.2) is 32.2 Å². The Morgan fingerprint density at radius 3 is 2.75 bits per heavy atom. The molecule has 0 heterocycles. The van der Waals surface area contributed by atoms with Gasteiger partial charge < -0.3 is 15.4 Å². The topological polar surface area (TPSA) is 50.4 Å². The maximum atomic E-state index is 11.7. The highest BCUT2D eigenvalue weighted by Gasteiger charge is 2.20. The molecule has 20 heavy (non-hydrogen) atoms. The molecule has 2 N–H and O–H groups in total. The lowest BCUT2D eigenvalue weighted by Crippen LogP contribution is -2.29. The third-order valence-corrected chi connectivity index (χ3v) is 3.63. The Bertz CT molecular complexity index is 418. The van der Waals surface area contributed by atoms with E-state index in [1.54, 1.807) is 0 Å².